The molecule has 3 heterocycles. The van der Waals surface area contributed by atoms with Gasteiger partial charge in [-0.05, 0) is 43.7 Å². The second kappa shape index (κ2) is 7.03. The molecule has 3 aromatic rings. The minimum absolute atomic E-state index is 0.113. The van der Waals surface area contributed by atoms with Crippen LogP contribution in [0.2, 0.25) is 0 Å². The van der Waals surface area contributed by atoms with E-state index in [-0.39, 0.29) is 11.6 Å². The minimum Gasteiger partial charge on any atom is -0.316 e. The van der Waals surface area contributed by atoms with Crippen LogP contribution in [0.15, 0.2) is 59.5 Å². The van der Waals surface area contributed by atoms with Gasteiger partial charge in [-0.15, -0.1) is 0 Å². The highest BCUT2D eigenvalue weighted by Crippen LogP contribution is 2.23. The summed E-state index contributed by atoms with van der Waals surface area (Å²) in [4.78, 5) is 17.4. The maximum Gasteiger partial charge on any atom is 0.350 e. The Balaban J connectivity index is 1.78. The lowest BCUT2D eigenvalue weighted by atomic mass is 9.99. The number of pyridine rings is 1. The van der Waals surface area contributed by atoms with Crippen LogP contribution in [0.3, 0.4) is 0 Å². The number of para-hydroxylation sites is 1. The molecule has 0 aliphatic carbocycles. The normalized spacial score (nSPS) is 17.5. The predicted octanol–water partition coefficient (Wildman–Crippen LogP) is 1.94. The van der Waals surface area contributed by atoms with Gasteiger partial charge < -0.3 is 5.32 Å². The van der Waals surface area contributed by atoms with E-state index in [4.69, 9.17) is 5.10 Å². The third-order valence-corrected chi connectivity index (χ3v) is 4.58. The zero-order valence-electron chi connectivity index (χ0n) is 14.0. The lowest BCUT2D eigenvalue weighted by molar-refractivity contribution is 0.439. The number of hydrogen-bond acceptors (Lipinski definition) is 4. The Kier molecular flexibility index (Phi) is 4.43. The van der Waals surface area contributed by atoms with Crippen molar-refractivity contribution >= 4 is 0 Å². The van der Waals surface area contributed by atoms with Gasteiger partial charge in [-0.3, -0.25) is 4.98 Å². The van der Waals surface area contributed by atoms with E-state index >= 15 is 0 Å². The number of nitrogens with zero attached hydrogens (tertiary/aromatic N) is 4. The summed E-state index contributed by atoms with van der Waals surface area (Å²) in [6.07, 6.45) is 3.88. The predicted molar refractivity (Wildman–Crippen MR) is 96.0 cm³/mol. The van der Waals surface area contributed by atoms with Gasteiger partial charge in [-0.2, -0.15) is 5.10 Å². The fraction of sp³-hybridized carbons (Fsp3) is 0.316. The molecule has 4 rings (SSSR count). The highest BCUT2D eigenvalue weighted by molar-refractivity contribution is 5.33. The zero-order chi connectivity index (χ0) is 17.1. The minimum atomic E-state index is -0.113. The van der Waals surface area contributed by atoms with Crippen LogP contribution >= 0.6 is 0 Å². The molecule has 1 aliphatic rings. The highest BCUT2D eigenvalue weighted by Gasteiger charge is 2.24. The van der Waals surface area contributed by atoms with Crippen molar-refractivity contribution < 1.29 is 0 Å². The average Bonchev–Trinajstić information content (AvgIpc) is 3.00. The number of nitrogens with one attached hydrogen (secondary N) is 1. The lowest BCUT2D eigenvalue weighted by Gasteiger charge is -2.22. The summed E-state index contributed by atoms with van der Waals surface area (Å²) < 4.78 is 3.28. The summed E-state index contributed by atoms with van der Waals surface area (Å²) in [5, 5.41) is 8.11. The first-order valence-electron chi connectivity index (χ1n) is 8.69. The fourth-order valence-electron chi connectivity index (χ4n) is 3.33. The van der Waals surface area contributed by atoms with E-state index in [1.807, 2.05) is 48.5 Å². The van der Waals surface area contributed by atoms with Crippen LogP contribution in [0.4, 0.5) is 0 Å². The molecular formula is C19H21N5O. The monoisotopic (exact) mass is 335 g/mol. The van der Waals surface area contributed by atoms with Crippen molar-refractivity contribution in [2.45, 2.75) is 25.3 Å². The van der Waals surface area contributed by atoms with E-state index in [0.717, 1.165) is 43.1 Å². The molecule has 1 aliphatic heterocycles. The largest absolute Gasteiger partial charge is 0.350 e. The standard InChI is InChI=1S/C19H21N5O/c25-19-23(14-16-8-4-5-12-21-16)22-18(15-7-6-11-20-13-15)24(19)17-9-2-1-3-10-17/h1-5,8-10,12,15,20H,6-7,11,13-14H2. The van der Waals surface area contributed by atoms with Crippen LogP contribution in [0, 0.1) is 0 Å². The van der Waals surface area contributed by atoms with E-state index in [0.29, 0.717) is 6.54 Å². The van der Waals surface area contributed by atoms with Gasteiger partial charge in [0.2, 0.25) is 0 Å². The average molecular weight is 335 g/mol. The van der Waals surface area contributed by atoms with Gasteiger partial charge in [0.15, 0.2) is 0 Å². The summed E-state index contributed by atoms with van der Waals surface area (Å²) in [7, 11) is 0. The maximum atomic E-state index is 13.1. The van der Waals surface area contributed by atoms with E-state index in [9.17, 15) is 4.79 Å². The summed E-state index contributed by atoms with van der Waals surface area (Å²) in [5.41, 5.74) is 1.58. The number of piperidine rings is 1. The van der Waals surface area contributed by atoms with E-state index in [1.54, 1.807) is 10.8 Å². The van der Waals surface area contributed by atoms with Crippen LogP contribution < -0.4 is 11.0 Å². The Morgan fingerprint density at radius 1 is 1.12 bits per heavy atom. The Bertz CT molecular complexity index is 879. The third kappa shape index (κ3) is 3.25. The summed E-state index contributed by atoms with van der Waals surface area (Å²) in [6.45, 7) is 2.26. The zero-order valence-corrected chi connectivity index (χ0v) is 14.0. The van der Waals surface area contributed by atoms with Gasteiger partial charge in [0.05, 0.1) is 17.9 Å². The molecule has 6 nitrogen and oxygen atoms in total. The third-order valence-electron chi connectivity index (χ3n) is 4.58. The smallest absolute Gasteiger partial charge is 0.316 e. The van der Waals surface area contributed by atoms with E-state index in [2.05, 4.69) is 10.3 Å². The molecule has 1 fully saturated rings. The lowest BCUT2D eigenvalue weighted by Crippen LogP contribution is -2.31. The van der Waals surface area contributed by atoms with Crippen LogP contribution in [0.5, 0.6) is 0 Å². The van der Waals surface area contributed by atoms with E-state index < -0.39 is 0 Å². The first-order chi connectivity index (χ1) is 12.3. The van der Waals surface area contributed by atoms with Gasteiger partial charge >= 0.3 is 5.69 Å². The molecule has 128 valence electrons. The topological polar surface area (TPSA) is 64.7 Å². The van der Waals surface area contributed by atoms with Crippen molar-refractivity contribution in [2.24, 2.45) is 0 Å². The van der Waals surface area contributed by atoms with E-state index in [1.165, 1.54) is 4.68 Å². The van der Waals surface area contributed by atoms with Crippen LogP contribution in [-0.2, 0) is 6.54 Å². The molecule has 1 atom stereocenters. The Morgan fingerprint density at radius 3 is 2.68 bits per heavy atom. The molecule has 1 N–H and O–H groups in total. The van der Waals surface area contributed by atoms with Crippen molar-refractivity contribution in [3.63, 3.8) is 0 Å². The second-order valence-corrected chi connectivity index (χ2v) is 6.33. The molecule has 0 bridgehead atoms. The molecule has 0 spiro atoms. The molecule has 0 saturated carbocycles. The molecule has 25 heavy (non-hydrogen) atoms. The second-order valence-electron chi connectivity index (χ2n) is 6.33. The van der Waals surface area contributed by atoms with Crippen LogP contribution in [0.1, 0.15) is 30.3 Å². The highest BCUT2D eigenvalue weighted by atomic mass is 16.2. The maximum absolute atomic E-state index is 13.1. The van der Waals surface area contributed by atoms with Gasteiger partial charge in [0.25, 0.3) is 0 Å². The van der Waals surface area contributed by atoms with Crippen molar-refractivity contribution in [3.8, 4) is 5.69 Å². The van der Waals surface area contributed by atoms with Gasteiger partial charge in [0, 0.05) is 18.7 Å². The number of aromatic nitrogens is 4. The van der Waals surface area contributed by atoms with Gasteiger partial charge in [0.1, 0.15) is 5.82 Å². The van der Waals surface area contributed by atoms with Crippen molar-refractivity contribution in [1.29, 1.82) is 0 Å². The van der Waals surface area contributed by atoms with Crippen LogP contribution in [0.25, 0.3) is 5.69 Å². The summed E-state index contributed by atoms with van der Waals surface area (Å²) >= 11 is 0. The molecule has 2 aromatic heterocycles. The first kappa shape index (κ1) is 15.8. The summed E-state index contributed by atoms with van der Waals surface area (Å²) in [5.74, 6) is 1.07. The van der Waals surface area contributed by atoms with Crippen LogP contribution in [-0.4, -0.2) is 32.4 Å². The molecule has 6 heteroatoms. The fourth-order valence-corrected chi connectivity index (χ4v) is 3.33. The molecule has 0 radical (unpaired) electrons. The molecular weight excluding hydrogens is 314 g/mol. The first-order valence-corrected chi connectivity index (χ1v) is 8.69. The van der Waals surface area contributed by atoms with Crippen molar-refractivity contribution in [3.05, 3.63) is 76.7 Å². The molecule has 1 aromatic carbocycles. The number of hydrogen-bond donors (Lipinski definition) is 1. The number of benzene rings is 1. The van der Waals surface area contributed by atoms with Gasteiger partial charge in [-0.25, -0.2) is 14.0 Å². The Hall–Kier alpha value is -2.73. The summed E-state index contributed by atoms with van der Waals surface area (Å²) in [6, 6.07) is 15.5. The molecule has 0 amide bonds. The van der Waals surface area contributed by atoms with Crippen molar-refractivity contribution in [1.82, 2.24) is 24.6 Å². The van der Waals surface area contributed by atoms with Crippen molar-refractivity contribution in [2.75, 3.05) is 13.1 Å². The Labute approximate surface area is 146 Å². The SMILES string of the molecule is O=c1n(Cc2ccccn2)nc(C2CCCNC2)n1-c1ccccc1. The van der Waals surface area contributed by atoms with Gasteiger partial charge in [-0.1, -0.05) is 24.3 Å². The molecule has 1 unspecified atom stereocenters. The quantitative estimate of drug-likeness (QED) is 0.791. The molecule has 1 saturated heterocycles. The number of rotatable bonds is 4. The Morgan fingerprint density at radius 2 is 1.96 bits per heavy atom.